The second-order valence-corrected chi connectivity index (χ2v) is 5.87. The topological polar surface area (TPSA) is 43.8 Å². The molecule has 4 nitrogen and oxygen atoms in total. The molecule has 1 unspecified atom stereocenters. The van der Waals surface area contributed by atoms with Crippen LogP contribution in [0.4, 0.5) is 5.69 Å². The molecule has 1 N–H and O–H groups in total. The predicted molar refractivity (Wildman–Crippen MR) is 92.8 cm³/mol. The van der Waals surface area contributed by atoms with Crippen LogP contribution in [0.15, 0.2) is 65.5 Å². The molecule has 1 saturated heterocycles. The van der Waals surface area contributed by atoms with E-state index < -0.39 is 6.10 Å². The van der Waals surface area contributed by atoms with E-state index in [9.17, 15) is 9.90 Å². The predicted octanol–water partition coefficient (Wildman–Crippen LogP) is 1.90. The number of aliphatic hydroxyl groups excluding tert-OH is 1. The largest absolute Gasteiger partial charge is 0.387 e. The minimum absolute atomic E-state index is 0.0628. The van der Waals surface area contributed by atoms with Gasteiger partial charge in [0, 0.05) is 32.7 Å². The Morgan fingerprint density at radius 2 is 1.48 bits per heavy atom. The van der Waals surface area contributed by atoms with Crippen molar-refractivity contribution in [3.8, 4) is 0 Å². The number of β-amino-alcohol motifs (C(OH)–C–C–N with tert-alkyl or cyclic N) is 1. The second kappa shape index (κ2) is 7.40. The third-order valence-electron chi connectivity index (χ3n) is 4.30. The van der Waals surface area contributed by atoms with E-state index in [1.165, 1.54) is 0 Å². The summed E-state index contributed by atoms with van der Waals surface area (Å²) in [6, 6.07) is 18.8. The van der Waals surface area contributed by atoms with Crippen LogP contribution in [0, 0.1) is 0 Å². The smallest absolute Gasteiger partial charge is 0.201 e. The van der Waals surface area contributed by atoms with Crippen LogP contribution in [0.2, 0.25) is 0 Å². The summed E-state index contributed by atoms with van der Waals surface area (Å²) in [4.78, 5) is 16.5. The summed E-state index contributed by atoms with van der Waals surface area (Å²) < 4.78 is 0. The van der Waals surface area contributed by atoms with Gasteiger partial charge in [0.2, 0.25) is 5.43 Å². The molecule has 0 saturated carbocycles. The highest BCUT2D eigenvalue weighted by Crippen LogP contribution is 2.16. The average Bonchev–Trinajstić information content (AvgIpc) is 2.81. The Kier molecular flexibility index (Phi) is 5.05. The Labute approximate surface area is 136 Å². The molecule has 0 bridgehead atoms. The molecule has 1 aliphatic rings. The molecule has 1 aliphatic heterocycles. The van der Waals surface area contributed by atoms with Crippen molar-refractivity contribution in [2.75, 3.05) is 37.6 Å². The minimum Gasteiger partial charge on any atom is -0.387 e. The monoisotopic (exact) mass is 310 g/mol. The van der Waals surface area contributed by atoms with E-state index in [1.54, 1.807) is 12.1 Å². The molecule has 1 fully saturated rings. The van der Waals surface area contributed by atoms with Gasteiger partial charge in [0.15, 0.2) is 0 Å². The van der Waals surface area contributed by atoms with Crippen LogP contribution in [0.1, 0.15) is 11.7 Å². The van der Waals surface area contributed by atoms with Crippen LogP contribution >= 0.6 is 0 Å². The number of nitrogens with zero attached hydrogens (tertiary/aromatic N) is 2. The van der Waals surface area contributed by atoms with Crippen molar-refractivity contribution in [1.29, 1.82) is 0 Å². The summed E-state index contributed by atoms with van der Waals surface area (Å²) in [6.45, 7) is 3.94. The fourth-order valence-electron chi connectivity index (χ4n) is 2.98. The number of benzene rings is 1. The molecule has 3 rings (SSSR count). The third-order valence-corrected chi connectivity index (χ3v) is 4.30. The van der Waals surface area contributed by atoms with Crippen molar-refractivity contribution >= 4 is 5.69 Å². The minimum atomic E-state index is -0.465. The number of hydrogen-bond acceptors (Lipinski definition) is 4. The lowest BCUT2D eigenvalue weighted by Gasteiger charge is -2.36. The first-order chi connectivity index (χ1) is 11.2. The number of piperazine rings is 1. The molecule has 2 aromatic carbocycles. The quantitative estimate of drug-likeness (QED) is 0.937. The Hall–Kier alpha value is -2.17. The van der Waals surface area contributed by atoms with E-state index >= 15 is 0 Å². The second-order valence-electron chi connectivity index (χ2n) is 5.87. The molecule has 0 radical (unpaired) electrons. The highest BCUT2D eigenvalue weighted by molar-refractivity contribution is 5.45. The molecule has 23 heavy (non-hydrogen) atoms. The lowest BCUT2D eigenvalue weighted by molar-refractivity contribution is 0.109. The zero-order valence-electron chi connectivity index (χ0n) is 13.1. The van der Waals surface area contributed by atoms with E-state index in [1.807, 2.05) is 48.5 Å². The van der Waals surface area contributed by atoms with Crippen LogP contribution < -0.4 is 10.3 Å². The van der Waals surface area contributed by atoms with E-state index in [-0.39, 0.29) is 5.43 Å². The summed E-state index contributed by atoms with van der Waals surface area (Å²) in [7, 11) is 0. The number of aliphatic hydroxyl groups is 1. The van der Waals surface area contributed by atoms with Crippen LogP contribution in [-0.4, -0.2) is 42.7 Å². The van der Waals surface area contributed by atoms with Gasteiger partial charge in [-0.25, -0.2) is 0 Å². The molecule has 120 valence electrons. The standard InChI is InChI=1S/C19H22N2O2/c22-18-10-6-2-5-9-17(18)21-13-11-20(12-14-21)15-19(23)16-7-3-1-4-8-16/h1-10,19,23H,11-15H2. The van der Waals surface area contributed by atoms with Crippen molar-refractivity contribution in [1.82, 2.24) is 4.90 Å². The van der Waals surface area contributed by atoms with Gasteiger partial charge >= 0.3 is 0 Å². The van der Waals surface area contributed by atoms with Crippen LogP contribution in [0.3, 0.4) is 0 Å². The van der Waals surface area contributed by atoms with Gasteiger partial charge in [-0.05, 0) is 17.7 Å². The van der Waals surface area contributed by atoms with Crippen LogP contribution in [0.5, 0.6) is 0 Å². The maximum atomic E-state index is 12.1. The lowest BCUT2D eigenvalue weighted by Crippen LogP contribution is -2.48. The molecule has 0 aromatic heterocycles. The van der Waals surface area contributed by atoms with Gasteiger partial charge in [-0.3, -0.25) is 9.69 Å². The molecule has 0 amide bonds. The van der Waals surface area contributed by atoms with Gasteiger partial charge < -0.3 is 10.0 Å². The van der Waals surface area contributed by atoms with Gasteiger partial charge in [-0.2, -0.15) is 0 Å². The third kappa shape index (κ3) is 3.97. The summed E-state index contributed by atoms with van der Waals surface area (Å²) >= 11 is 0. The Morgan fingerprint density at radius 3 is 2.17 bits per heavy atom. The number of rotatable bonds is 4. The fourth-order valence-corrected chi connectivity index (χ4v) is 2.98. The molecule has 0 aliphatic carbocycles. The Balaban J connectivity index is 1.59. The van der Waals surface area contributed by atoms with Crippen molar-refractivity contribution in [2.24, 2.45) is 0 Å². The van der Waals surface area contributed by atoms with Gasteiger partial charge in [0.05, 0.1) is 11.8 Å². The lowest BCUT2D eigenvalue weighted by atomic mass is 10.1. The van der Waals surface area contributed by atoms with Crippen molar-refractivity contribution in [2.45, 2.75) is 6.10 Å². The molecular formula is C19H22N2O2. The Morgan fingerprint density at radius 1 is 0.870 bits per heavy atom. The highest BCUT2D eigenvalue weighted by atomic mass is 16.3. The highest BCUT2D eigenvalue weighted by Gasteiger charge is 2.20. The number of anilines is 1. The normalized spacial score (nSPS) is 17.0. The zero-order valence-corrected chi connectivity index (χ0v) is 13.1. The van der Waals surface area contributed by atoms with Crippen LogP contribution in [0.25, 0.3) is 0 Å². The first kappa shape index (κ1) is 15.7. The molecule has 0 spiro atoms. The van der Waals surface area contributed by atoms with Crippen molar-refractivity contribution in [3.05, 3.63) is 76.5 Å². The molecule has 4 heteroatoms. The molecule has 2 aromatic rings. The van der Waals surface area contributed by atoms with Gasteiger partial charge in [-0.15, -0.1) is 0 Å². The maximum absolute atomic E-state index is 12.1. The first-order valence-electron chi connectivity index (χ1n) is 8.04. The average molecular weight is 310 g/mol. The van der Waals surface area contributed by atoms with E-state index in [0.29, 0.717) is 6.54 Å². The zero-order chi connectivity index (χ0) is 16.1. The van der Waals surface area contributed by atoms with E-state index in [4.69, 9.17) is 0 Å². The van der Waals surface area contributed by atoms with Gasteiger partial charge in [-0.1, -0.05) is 48.5 Å². The summed E-state index contributed by atoms with van der Waals surface area (Å²) in [5.41, 5.74) is 1.78. The van der Waals surface area contributed by atoms with E-state index in [2.05, 4.69) is 9.80 Å². The summed E-state index contributed by atoms with van der Waals surface area (Å²) in [5.74, 6) is 0. The molecular weight excluding hydrogens is 288 g/mol. The van der Waals surface area contributed by atoms with E-state index in [0.717, 1.165) is 37.4 Å². The number of hydrogen-bond donors (Lipinski definition) is 1. The molecule has 1 heterocycles. The Bertz CT molecular complexity index is 682. The summed E-state index contributed by atoms with van der Waals surface area (Å²) in [6.07, 6.45) is -0.465. The van der Waals surface area contributed by atoms with Crippen molar-refractivity contribution in [3.63, 3.8) is 0 Å². The first-order valence-corrected chi connectivity index (χ1v) is 8.04. The maximum Gasteiger partial charge on any atom is 0.201 e. The van der Waals surface area contributed by atoms with Crippen molar-refractivity contribution < 1.29 is 5.11 Å². The molecule has 1 atom stereocenters. The van der Waals surface area contributed by atoms with Gasteiger partial charge in [0.25, 0.3) is 0 Å². The summed E-state index contributed by atoms with van der Waals surface area (Å²) in [5, 5.41) is 10.3. The fraction of sp³-hybridized carbons (Fsp3) is 0.316. The SMILES string of the molecule is O=c1cccccc1N1CCN(CC(O)c2ccccc2)CC1. The van der Waals surface area contributed by atoms with Gasteiger partial charge in [0.1, 0.15) is 0 Å². The van der Waals surface area contributed by atoms with Crippen LogP contribution in [-0.2, 0) is 0 Å².